The van der Waals surface area contributed by atoms with Gasteiger partial charge >= 0.3 is 0 Å². The van der Waals surface area contributed by atoms with Crippen LogP contribution in [0.3, 0.4) is 0 Å². The maximum absolute atomic E-state index is 11.4. The zero-order valence-electron chi connectivity index (χ0n) is 11.7. The van der Waals surface area contributed by atoms with Crippen LogP contribution in [0.4, 0.5) is 5.69 Å². The summed E-state index contributed by atoms with van der Waals surface area (Å²) in [4.78, 5) is 13.6. The van der Waals surface area contributed by atoms with E-state index >= 15 is 0 Å². The van der Waals surface area contributed by atoms with E-state index in [2.05, 4.69) is 4.90 Å². The van der Waals surface area contributed by atoms with Gasteiger partial charge in [0.15, 0.2) is 0 Å². The maximum Gasteiger partial charge on any atom is 0.142 e. The van der Waals surface area contributed by atoms with Gasteiger partial charge in [0.1, 0.15) is 23.9 Å². The van der Waals surface area contributed by atoms with E-state index in [1.54, 1.807) is 7.11 Å². The Hall–Kier alpha value is -1.75. The van der Waals surface area contributed by atoms with Gasteiger partial charge in [0.2, 0.25) is 0 Å². The number of hydrogen-bond acceptors (Lipinski definition) is 5. The second-order valence-electron chi connectivity index (χ2n) is 5.06. The Morgan fingerprint density at radius 3 is 2.75 bits per heavy atom. The fourth-order valence-electron chi connectivity index (χ4n) is 2.64. The lowest BCUT2D eigenvalue weighted by Crippen LogP contribution is -2.34. The van der Waals surface area contributed by atoms with Gasteiger partial charge in [-0.05, 0) is 6.07 Å². The molecule has 0 bridgehead atoms. The monoisotopic (exact) mass is 277 g/mol. The van der Waals surface area contributed by atoms with Crippen molar-refractivity contribution in [3.05, 3.63) is 17.7 Å². The van der Waals surface area contributed by atoms with Gasteiger partial charge in [-0.15, -0.1) is 0 Å². The van der Waals surface area contributed by atoms with Gasteiger partial charge < -0.3 is 19.1 Å². The first-order valence-corrected chi connectivity index (χ1v) is 6.96. The number of methoxy groups -OCH3 is 1. The smallest absolute Gasteiger partial charge is 0.142 e. The Kier molecular flexibility index (Phi) is 3.78. The van der Waals surface area contributed by atoms with Gasteiger partial charge in [-0.3, -0.25) is 4.79 Å². The van der Waals surface area contributed by atoms with Crippen LogP contribution in [0.5, 0.6) is 11.5 Å². The molecule has 2 aliphatic rings. The van der Waals surface area contributed by atoms with Gasteiger partial charge in [0.25, 0.3) is 0 Å². The molecular weight excluding hydrogens is 258 g/mol. The number of nitrogens with zero attached hydrogens (tertiary/aromatic N) is 1. The van der Waals surface area contributed by atoms with Gasteiger partial charge in [0, 0.05) is 37.6 Å². The number of fused-ring (bicyclic) bond motifs is 1. The van der Waals surface area contributed by atoms with Crippen LogP contribution < -0.4 is 14.4 Å². The highest BCUT2D eigenvalue weighted by molar-refractivity contribution is 5.81. The van der Waals surface area contributed by atoms with Crippen molar-refractivity contribution in [2.45, 2.75) is 19.4 Å². The quantitative estimate of drug-likeness (QED) is 0.824. The van der Waals surface area contributed by atoms with Crippen LogP contribution in [0.15, 0.2) is 12.1 Å². The molecule has 3 rings (SSSR count). The third-order valence-corrected chi connectivity index (χ3v) is 3.77. The summed E-state index contributed by atoms with van der Waals surface area (Å²) in [5.74, 6) is 2.00. The molecular formula is C15H19NO4. The largest absolute Gasteiger partial charge is 0.495 e. The summed E-state index contributed by atoms with van der Waals surface area (Å²) in [6.07, 6.45) is 1.20. The molecule has 0 spiro atoms. The topological polar surface area (TPSA) is 48.0 Å². The minimum Gasteiger partial charge on any atom is -0.495 e. The molecule has 1 saturated heterocycles. The number of Topliss-reactive ketones (excluding diaryl/α,β-unsaturated/α-hetero) is 1. The molecule has 2 aliphatic heterocycles. The first-order chi connectivity index (χ1) is 9.78. The highest BCUT2D eigenvalue weighted by Crippen LogP contribution is 2.37. The first kappa shape index (κ1) is 13.2. The highest BCUT2D eigenvalue weighted by Gasteiger charge is 2.22. The van der Waals surface area contributed by atoms with Gasteiger partial charge in [-0.2, -0.15) is 0 Å². The minimum absolute atomic E-state index is 0.333. The molecule has 0 radical (unpaired) electrons. The Labute approximate surface area is 118 Å². The Balaban J connectivity index is 1.92. The van der Waals surface area contributed by atoms with E-state index in [-0.39, 0.29) is 0 Å². The van der Waals surface area contributed by atoms with Crippen LogP contribution in [-0.4, -0.2) is 39.2 Å². The van der Waals surface area contributed by atoms with Crippen molar-refractivity contribution in [3.63, 3.8) is 0 Å². The summed E-state index contributed by atoms with van der Waals surface area (Å²) >= 11 is 0. The second kappa shape index (κ2) is 5.71. The Morgan fingerprint density at radius 2 is 2.00 bits per heavy atom. The molecule has 5 nitrogen and oxygen atoms in total. The SMILES string of the molecule is COc1cc2c(cc1N1CCC(=O)CC1)OCCOC2. The molecule has 1 aromatic carbocycles. The second-order valence-corrected chi connectivity index (χ2v) is 5.06. The standard InChI is InChI=1S/C15H19NO4/c1-18-15-8-11-10-19-6-7-20-14(11)9-13(15)16-4-2-12(17)3-5-16/h8-9H,2-7,10H2,1H3. The van der Waals surface area contributed by atoms with E-state index in [1.807, 2.05) is 12.1 Å². The van der Waals surface area contributed by atoms with E-state index in [1.165, 1.54) is 0 Å². The van der Waals surface area contributed by atoms with E-state index in [4.69, 9.17) is 14.2 Å². The van der Waals surface area contributed by atoms with Gasteiger partial charge in [-0.25, -0.2) is 0 Å². The number of anilines is 1. The lowest BCUT2D eigenvalue weighted by Gasteiger charge is -2.30. The summed E-state index contributed by atoms with van der Waals surface area (Å²) in [5.41, 5.74) is 2.01. The van der Waals surface area contributed by atoms with Crippen molar-refractivity contribution >= 4 is 11.5 Å². The predicted octanol–water partition coefficient (Wildman–Crippen LogP) is 1.77. The Morgan fingerprint density at radius 1 is 1.20 bits per heavy atom. The molecule has 0 N–H and O–H groups in total. The maximum atomic E-state index is 11.4. The molecule has 20 heavy (non-hydrogen) atoms. The van der Waals surface area contributed by atoms with Crippen molar-refractivity contribution in [1.82, 2.24) is 0 Å². The van der Waals surface area contributed by atoms with Gasteiger partial charge in [-0.1, -0.05) is 0 Å². The van der Waals surface area contributed by atoms with Crippen LogP contribution in [0.1, 0.15) is 18.4 Å². The number of piperidine rings is 1. The molecule has 0 unspecified atom stereocenters. The fourth-order valence-corrected chi connectivity index (χ4v) is 2.64. The average Bonchev–Trinajstić information content (AvgIpc) is 2.71. The normalized spacial score (nSPS) is 19.1. The van der Waals surface area contributed by atoms with Gasteiger partial charge in [0.05, 0.1) is 26.0 Å². The third kappa shape index (κ3) is 2.58. The highest BCUT2D eigenvalue weighted by atomic mass is 16.5. The van der Waals surface area contributed by atoms with Crippen LogP contribution in [0.25, 0.3) is 0 Å². The summed E-state index contributed by atoms with van der Waals surface area (Å²) in [5, 5.41) is 0. The average molecular weight is 277 g/mol. The summed E-state index contributed by atoms with van der Waals surface area (Å²) in [6.45, 7) is 3.20. The summed E-state index contributed by atoms with van der Waals surface area (Å²) < 4.78 is 16.7. The number of rotatable bonds is 2. The molecule has 1 fully saturated rings. The molecule has 0 aliphatic carbocycles. The van der Waals surface area contributed by atoms with Crippen molar-refractivity contribution in [1.29, 1.82) is 0 Å². The predicted molar refractivity (Wildman–Crippen MR) is 74.6 cm³/mol. The van der Waals surface area contributed by atoms with E-state index in [0.717, 1.165) is 35.8 Å². The molecule has 5 heteroatoms. The number of benzene rings is 1. The van der Waals surface area contributed by atoms with Crippen molar-refractivity contribution < 1.29 is 19.0 Å². The van der Waals surface area contributed by atoms with E-state index in [9.17, 15) is 4.79 Å². The molecule has 0 saturated carbocycles. The zero-order valence-corrected chi connectivity index (χ0v) is 11.7. The lowest BCUT2D eigenvalue weighted by molar-refractivity contribution is -0.119. The molecule has 1 aromatic rings. The number of hydrogen-bond donors (Lipinski definition) is 0. The van der Waals surface area contributed by atoms with Crippen molar-refractivity contribution in [2.75, 3.05) is 38.3 Å². The lowest BCUT2D eigenvalue weighted by atomic mass is 10.1. The first-order valence-electron chi connectivity index (χ1n) is 6.96. The molecule has 0 amide bonds. The zero-order chi connectivity index (χ0) is 13.9. The number of ketones is 1. The number of carbonyl (C=O) groups excluding carboxylic acids is 1. The molecule has 2 heterocycles. The van der Waals surface area contributed by atoms with Crippen molar-refractivity contribution in [2.24, 2.45) is 0 Å². The van der Waals surface area contributed by atoms with Crippen LogP contribution in [0.2, 0.25) is 0 Å². The van der Waals surface area contributed by atoms with E-state index < -0.39 is 0 Å². The molecule has 0 atom stereocenters. The fraction of sp³-hybridized carbons (Fsp3) is 0.533. The minimum atomic E-state index is 0.333. The Bertz CT molecular complexity index is 505. The van der Waals surface area contributed by atoms with Crippen LogP contribution in [0, 0.1) is 0 Å². The summed E-state index contributed by atoms with van der Waals surface area (Å²) in [7, 11) is 1.67. The third-order valence-electron chi connectivity index (χ3n) is 3.77. The number of carbonyl (C=O) groups is 1. The molecule has 0 aromatic heterocycles. The number of ether oxygens (including phenoxy) is 3. The molecule has 108 valence electrons. The summed E-state index contributed by atoms with van der Waals surface area (Å²) in [6, 6.07) is 3.99. The van der Waals surface area contributed by atoms with Crippen LogP contribution >= 0.6 is 0 Å². The van der Waals surface area contributed by atoms with Crippen molar-refractivity contribution in [3.8, 4) is 11.5 Å². The van der Waals surface area contributed by atoms with E-state index in [0.29, 0.717) is 38.4 Å². The van der Waals surface area contributed by atoms with Crippen LogP contribution in [-0.2, 0) is 16.1 Å².